The third kappa shape index (κ3) is 4.44. The van der Waals surface area contributed by atoms with Crippen LogP contribution in [0.4, 0.5) is 22.9 Å². The predicted octanol–water partition coefficient (Wildman–Crippen LogP) is 2.10. The van der Waals surface area contributed by atoms with E-state index in [4.69, 9.17) is 4.74 Å². The van der Waals surface area contributed by atoms with Gasteiger partial charge < -0.3 is 25.3 Å². The minimum absolute atomic E-state index is 0.327. The van der Waals surface area contributed by atoms with Gasteiger partial charge >= 0.3 is 0 Å². The summed E-state index contributed by atoms with van der Waals surface area (Å²) in [6, 6.07) is 5.93. The summed E-state index contributed by atoms with van der Waals surface area (Å²) in [6.45, 7) is 4.78. The van der Waals surface area contributed by atoms with Crippen molar-refractivity contribution in [2.45, 2.75) is 12.8 Å². The van der Waals surface area contributed by atoms with Crippen LogP contribution in [0.3, 0.4) is 0 Å². The molecule has 1 fully saturated rings. The van der Waals surface area contributed by atoms with Crippen molar-refractivity contribution in [1.29, 1.82) is 0 Å². The number of benzene rings is 1. The third-order valence-electron chi connectivity index (χ3n) is 6.67. The summed E-state index contributed by atoms with van der Waals surface area (Å²) in [4.78, 5) is 40.1. The fourth-order valence-corrected chi connectivity index (χ4v) is 4.73. The van der Waals surface area contributed by atoms with Gasteiger partial charge in [-0.1, -0.05) is 0 Å². The molecule has 5 rings (SSSR count). The molecule has 10 heteroatoms. The summed E-state index contributed by atoms with van der Waals surface area (Å²) in [5.74, 6) is 1.57. The zero-order chi connectivity index (χ0) is 24.4. The number of anilines is 4. The van der Waals surface area contributed by atoms with E-state index in [9.17, 15) is 9.59 Å². The zero-order valence-electron chi connectivity index (χ0n) is 19.9. The number of hydrogen-bond donors (Lipinski definition) is 3. The molecule has 0 unspecified atom stereocenters. The van der Waals surface area contributed by atoms with Crippen molar-refractivity contribution in [3.8, 4) is 5.75 Å². The number of H-pyrrole nitrogens is 1. The average Bonchev–Trinajstić information content (AvgIpc) is 3.30. The number of aromatic amines is 1. The first-order valence-corrected chi connectivity index (χ1v) is 11.8. The topological polar surface area (TPSA) is 115 Å². The van der Waals surface area contributed by atoms with Crippen molar-refractivity contribution in [3.05, 3.63) is 62.9 Å². The van der Waals surface area contributed by atoms with Crippen LogP contribution >= 0.6 is 0 Å². The number of methoxy groups -OCH3 is 1. The number of rotatable bonds is 9. The highest BCUT2D eigenvalue weighted by molar-refractivity contribution is 5.88. The molecule has 0 radical (unpaired) electrons. The Bertz CT molecular complexity index is 1400. The van der Waals surface area contributed by atoms with Crippen LogP contribution in [0.15, 0.2) is 46.5 Å². The summed E-state index contributed by atoms with van der Waals surface area (Å²) >= 11 is 0. The van der Waals surface area contributed by atoms with E-state index in [2.05, 4.69) is 41.6 Å². The Labute approximate surface area is 202 Å². The van der Waals surface area contributed by atoms with E-state index in [0.717, 1.165) is 68.0 Å². The molecule has 1 aliphatic heterocycles. The van der Waals surface area contributed by atoms with Crippen LogP contribution in [-0.2, 0) is 6.42 Å². The molecule has 0 amide bonds. The second-order valence-corrected chi connectivity index (χ2v) is 8.70. The highest BCUT2D eigenvalue weighted by atomic mass is 16.5. The molecule has 182 valence electrons. The molecular weight excluding hydrogens is 446 g/mol. The molecule has 0 spiro atoms. The predicted molar refractivity (Wildman–Crippen MR) is 138 cm³/mol. The smallest absolute Gasteiger partial charge is 0.253 e. The molecule has 4 aromatic rings. The largest absolute Gasteiger partial charge is 0.491 e. The first-order chi connectivity index (χ1) is 17.1. The van der Waals surface area contributed by atoms with Crippen LogP contribution in [0.25, 0.3) is 10.9 Å². The lowest BCUT2D eigenvalue weighted by molar-refractivity contribution is 0.253. The van der Waals surface area contributed by atoms with Crippen molar-refractivity contribution >= 4 is 33.8 Å². The van der Waals surface area contributed by atoms with E-state index in [1.165, 1.54) is 5.56 Å². The fourth-order valence-electron chi connectivity index (χ4n) is 4.73. The number of hydrogen-bond acceptors (Lipinski definition) is 9. The van der Waals surface area contributed by atoms with Gasteiger partial charge in [-0.2, -0.15) is 0 Å². The molecule has 3 N–H and O–H groups in total. The van der Waals surface area contributed by atoms with Crippen LogP contribution in [0.5, 0.6) is 5.75 Å². The van der Waals surface area contributed by atoms with Crippen molar-refractivity contribution in [2.24, 2.45) is 0 Å². The van der Waals surface area contributed by atoms with E-state index in [1.807, 2.05) is 18.2 Å². The van der Waals surface area contributed by atoms with Gasteiger partial charge in [0.25, 0.3) is 10.9 Å². The standard InChI is InChI=1S/C25H29N7O3/c1-26-21-22(24(34)23(21)33)30-17-5-6-19-18(12-17)16(13-28-19)4-3-7-31-8-10-32(11-9-31)25-20(35-2)14-27-15-29-25/h5-6,12-15,26,28,30H,3-4,7-11H2,1-2H3. The lowest BCUT2D eigenvalue weighted by atomic mass is 10.1. The summed E-state index contributed by atoms with van der Waals surface area (Å²) < 4.78 is 5.40. The van der Waals surface area contributed by atoms with Gasteiger partial charge in [0.2, 0.25) is 0 Å². The monoisotopic (exact) mass is 475 g/mol. The highest BCUT2D eigenvalue weighted by Crippen LogP contribution is 2.27. The van der Waals surface area contributed by atoms with E-state index >= 15 is 0 Å². The Morgan fingerprint density at radius 3 is 2.69 bits per heavy atom. The number of piperazine rings is 1. The Balaban J connectivity index is 1.17. The second-order valence-electron chi connectivity index (χ2n) is 8.70. The van der Waals surface area contributed by atoms with Crippen LogP contribution in [0, 0.1) is 0 Å². The van der Waals surface area contributed by atoms with Crippen LogP contribution in [0.2, 0.25) is 0 Å². The number of fused-ring (bicyclic) bond motifs is 1. The summed E-state index contributed by atoms with van der Waals surface area (Å²) in [5, 5.41) is 7.02. The Morgan fingerprint density at radius 2 is 1.91 bits per heavy atom. The van der Waals surface area contributed by atoms with Gasteiger partial charge in [-0.05, 0) is 43.1 Å². The molecule has 10 nitrogen and oxygen atoms in total. The van der Waals surface area contributed by atoms with Crippen molar-refractivity contribution in [1.82, 2.24) is 19.9 Å². The number of nitrogens with one attached hydrogen (secondary N) is 3. The molecular formula is C25H29N7O3. The molecule has 1 aliphatic rings. The van der Waals surface area contributed by atoms with Gasteiger partial charge in [0.1, 0.15) is 17.7 Å². The van der Waals surface area contributed by atoms with E-state index in [0.29, 0.717) is 17.1 Å². The van der Waals surface area contributed by atoms with E-state index in [-0.39, 0.29) is 0 Å². The Hall–Kier alpha value is -3.92. The Morgan fingerprint density at radius 1 is 1.11 bits per heavy atom. The first kappa shape index (κ1) is 22.9. The lowest BCUT2D eigenvalue weighted by Crippen LogP contribution is -2.47. The van der Waals surface area contributed by atoms with E-state index < -0.39 is 10.9 Å². The van der Waals surface area contributed by atoms with Gasteiger partial charge in [0.15, 0.2) is 11.6 Å². The first-order valence-electron chi connectivity index (χ1n) is 11.8. The maximum absolute atomic E-state index is 11.9. The second kappa shape index (κ2) is 9.75. The van der Waals surface area contributed by atoms with Crippen molar-refractivity contribution in [3.63, 3.8) is 0 Å². The minimum atomic E-state index is -0.484. The van der Waals surface area contributed by atoms with Crippen LogP contribution in [-0.4, -0.2) is 66.7 Å². The highest BCUT2D eigenvalue weighted by Gasteiger charge is 2.21. The molecule has 35 heavy (non-hydrogen) atoms. The molecule has 2 aromatic carbocycles. The number of aryl methyl sites for hydroxylation is 1. The average molecular weight is 476 g/mol. The Kier molecular flexibility index (Phi) is 6.37. The van der Waals surface area contributed by atoms with Gasteiger partial charge in [0.05, 0.1) is 13.3 Å². The van der Waals surface area contributed by atoms with Gasteiger partial charge in [0, 0.05) is 56.0 Å². The van der Waals surface area contributed by atoms with Gasteiger partial charge in [-0.15, -0.1) is 0 Å². The molecule has 1 saturated heterocycles. The van der Waals surface area contributed by atoms with Crippen LogP contribution in [0.1, 0.15) is 12.0 Å². The molecule has 2 aromatic heterocycles. The minimum Gasteiger partial charge on any atom is -0.491 e. The normalized spacial score (nSPS) is 14.5. The summed E-state index contributed by atoms with van der Waals surface area (Å²) in [5.41, 5.74) is 2.79. The van der Waals surface area contributed by atoms with Gasteiger partial charge in [-0.3, -0.25) is 14.5 Å². The summed E-state index contributed by atoms with van der Waals surface area (Å²) in [7, 11) is 3.29. The fraction of sp³-hybridized carbons (Fsp3) is 0.360. The maximum atomic E-state index is 11.9. The molecule has 3 heterocycles. The third-order valence-corrected chi connectivity index (χ3v) is 6.67. The van der Waals surface area contributed by atoms with Crippen molar-refractivity contribution in [2.75, 3.05) is 62.4 Å². The van der Waals surface area contributed by atoms with E-state index in [1.54, 1.807) is 26.7 Å². The maximum Gasteiger partial charge on any atom is 0.253 e. The van der Waals surface area contributed by atoms with Crippen molar-refractivity contribution < 1.29 is 4.74 Å². The van der Waals surface area contributed by atoms with Gasteiger partial charge in [-0.25, -0.2) is 9.97 Å². The molecule has 0 aliphatic carbocycles. The quantitative estimate of drug-likeness (QED) is 0.313. The summed E-state index contributed by atoms with van der Waals surface area (Å²) in [6.07, 6.45) is 7.32. The molecule has 0 bridgehead atoms. The number of nitrogens with zero attached hydrogens (tertiary/aromatic N) is 4. The zero-order valence-corrected chi connectivity index (χ0v) is 19.9. The number of ether oxygens (including phenoxy) is 1. The van der Waals surface area contributed by atoms with Crippen LogP contribution < -0.4 is 31.1 Å². The lowest BCUT2D eigenvalue weighted by Gasteiger charge is -2.35. The molecule has 0 atom stereocenters. The molecule has 0 saturated carbocycles. The SMILES string of the molecule is CNc1c(Nc2ccc3[nH]cc(CCCN4CCN(c5ncncc5OC)CC4)c3c2)c(=O)c1=O. The number of aromatic nitrogens is 3.